The first-order valence-corrected chi connectivity index (χ1v) is 15.7. The zero-order chi connectivity index (χ0) is 34.8. The second kappa shape index (κ2) is 11.7. The lowest BCUT2D eigenvalue weighted by Gasteiger charge is -2.33. The number of pyridine rings is 4. The maximum absolute atomic E-state index is 15.3. The number of hydrogen-bond donors (Lipinski definition) is 0. The molecular weight excluding hydrogens is 644 g/mol. The van der Waals surface area contributed by atoms with Gasteiger partial charge in [0, 0.05) is 47.0 Å². The number of fused-ring (bicyclic) bond motifs is 2. The summed E-state index contributed by atoms with van der Waals surface area (Å²) in [7, 11) is 0. The molecule has 12 heteroatoms. The van der Waals surface area contributed by atoms with Gasteiger partial charge >= 0.3 is 0 Å². The van der Waals surface area contributed by atoms with Gasteiger partial charge in [-0.15, -0.1) is 0 Å². The van der Waals surface area contributed by atoms with Crippen molar-refractivity contribution >= 4 is 45.5 Å². The predicted octanol–water partition coefficient (Wildman–Crippen LogP) is 9.46. The normalized spacial score (nSPS) is 13.8. The molecule has 0 saturated carbocycles. The molecule has 0 saturated heterocycles. The third-order valence-corrected chi connectivity index (χ3v) is 8.66. The van der Waals surface area contributed by atoms with Crippen LogP contribution in [-0.2, 0) is 0 Å². The Morgan fingerprint density at radius 2 is 0.580 bits per heavy atom. The van der Waals surface area contributed by atoms with Crippen molar-refractivity contribution in [1.29, 1.82) is 0 Å². The summed E-state index contributed by atoms with van der Waals surface area (Å²) in [6, 6.07) is 19.0. The molecule has 0 bridgehead atoms. The first kappa shape index (κ1) is 31.0. The summed E-state index contributed by atoms with van der Waals surface area (Å²) in [4.78, 5) is 25.1. The lowest BCUT2D eigenvalue weighted by molar-refractivity contribution is 0.509. The fourth-order valence-corrected chi connectivity index (χ4v) is 6.24. The maximum atomic E-state index is 15.3. The van der Waals surface area contributed by atoms with Crippen LogP contribution in [0.15, 0.2) is 109 Å². The highest BCUT2D eigenvalue weighted by molar-refractivity contribution is 5.99. The van der Waals surface area contributed by atoms with Crippen molar-refractivity contribution in [1.82, 2.24) is 19.9 Å². The molecule has 0 atom stereocenters. The molecule has 0 fully saturated rings. The van der Waals surface area contributed by atoms with Crippen molar-refractivity contribution in [2.45, 2.75) is 27.7 Å². The molecule has 0 unspecified atom stereocenters. The van der Waals surface area contributed by atoms with E-state index in [4.69, 9.17) is 0 Å². The fourth-order valence-electron chi connectivity index (χ4n) is 6.24. The van der Waals surface area contributed by atoms with Gasteiger partial charge in [0.05, 0.1) is 70.3 Å². The molecule has 0 aliphatic carbocycles. The smallest absolute Gasteiger partial charge is 0.166 e. The van der Waals surface area contributed by atoms with Crippen LogP contribution in [0.1, 0.15) is 22.8 Å². The van der Waals surface area contributed by atoms with Crippen LogP contribution < -0.4 is 19.6 Å². The van der Waals surface area contributed by atoms with Crippen LogP contribution in [0.2, 0.25) is 0 Å². The summed E-state index contributed by atoms with van der Waals surface area (Å²) in [5.74, 6) is -3.50. The Morgan fingerprint density at radius 3 is 0.760 bits per heavy atom. The summed E-state index contributed by atoms with van der Waals surface area (Å²) in [6.45, 7) is 7.37. The van der Waals surface area contributed by atoms with Crippen molar-refractivity contribution in [2.24, 2.45) is 0 Å². The van der Waals surface area contributed by atoms with Crippen LogP contribution in [-0.4, -0.2) is 19.9 Å². The Bertz CT molecular complexity index is 1980. The van der Waals surface area contributed by atoms with Crippen LogP contribution >= 0.6 is 0 Å². The predicted molar refractivity (Wildman–Crippen MR) is 184 cm³/mol. The van der Waals surface area contributed by atoms with Crippen molar-refractivity contribution in [2.75, 3.05) is 19.6 Å². The van der Waals surface area contributed by atoms with E-state index >= 15 is 17.6 Å². The van der Waals surface area contributed by atoms with Gasteiger partial charge in [-0.1, -0.05) is 0 Å². The molecule has 2 aliphatic heterocycles. The molecule has 0 amide bonds. The van der Waals surface area contributed by atoms with Crippen molar-refractivity contribution in [3.8, 4) is 0 Å². The number of aryl methyl sites for hydroxylation is 4. The molecule has 0 radical (unpaired) electrons. The second-order valence-corrected chi connectivity index (χ2v) is 12.1. The highest BCUT2D eigenvalue weighted by Crippen LogP contribution is 2.57. The second-order valence-electron chi connectivity index (χ2n) is 12.1. The zero-order valence-corrected chi connectivity index (χ0v) is 27.3. The first-order valence-electron chi connectivity index (χ1n) is 15.7. The van der Waals surface area contributed by atoms with E-state index in [2.05, 4.69) is 19.9 Å². The monoisotopic (exact) mass is 672 g/mol. The standard InChI is InChI=1S/C38H28F4N8/c1-21-5-9-25(17-43-21)47-33-13-29(39)30(40)14-34(33)48(26-10-6-22(2)44-18-26)37(47)38-49(27-11-7-23(3)45-19-27)35-15-31(41)32(42)16-36(35)50(38)28-12-8-24(4)46-20-28/h5-20H,1-4H3. The van der Waals surface area contributed by atoms with E-state index in [-0.39, 0.29) is 0 Å². The van der Waals surface area contributed by atoms with E-state index in [1.165, 1.54) is 0 Å². The fraction of sp³-hybridized carbons (Fsp3) is 0.105. The number of nitrogens with zero attached hydrogens (tertiary/aromatic N) is 8. The summed E-state index contributed by atoms with van der Waals surface area (Å²) in [5.41, 5.74) is 6.25. The molecule has 8 nitrogen and oxygen atoms in total. The van der Waals surface area contributed by atoms with E-state index in [1.807, 2.05) is 76.2 Å². The third kappa shape index (κ3) is 4.99. The Kier molecular flexibility index (Phi) is 7.25. The molecule has 50 heavy (non-hydrogen) atoms. The summed E-state index contributed by atoms with van der Waals surface area (Å²) in [6.07, 6.45) is 6.53. The van der Waals surface area contributed by atoms with Crippen LogP contribution in [0.4, 0.5) is 63.1 Å². The molecule has 6 heterocycles. The van der Waals surface area contributed by atoms with E-state index < -0.39 is 23.3 Å². The molecule has 0 N–H and O–H groups in total. The van der Waals surface area contributed by atoms with Crippen LogP contribution in [0.3, 0.4) is 0 Å². The van der Waals surface area contributed by atoms with Gasteiger partial charge in [-0.25, -0.2) is 17.6 Å². The summed E-state index contributed by atoms with van der Waals surface area (Å²) in [5, 5.41) is 0. The highest BCUT2D eigenvalue weighted by atomic mass is 19.2. The average molecular weight is 673 g/mol. The minimum Gasteiger partial charge on any atom is -0.289 e. The largest absolute Gasteiger partial charge is 0.289 e. The molecular formula is C38H28F4N8. The van der Waals surface area contributed by atoms with Gasteiger partial charge in [-0.3, -0.25) is 39.5 Å². The topological polar surface area (TPSA) is 64.5 Å². The Morgan fingerprint density at radius 1 is 0.360 bits per heavy atom. The van der Waals surface area contributed by atoms with Crippen molar-refractivity contribution < 1.29 is 17.6 Å². The zero-order valence-electron chi connectivity index (χ0n) is 27.3. The SMILES string of the molecule is Cc1ccc(N2C(=C3N(c4ccc(C)nc4)c4cc(F)c(F)cc4N3c3ccc(C)nc3)N(c3ccc(C)nc3)c3cc(F)c(F)cc32)cn1. The number of aromatic nitrogens is 4. The quantitative estimate of drug-likeness (QED) is 0.172. The molecule has 2 aliphatic rings. The molecule has 0 spiro atoms. The minimum absolute atomic E-state index is 0.301. The number of rotatable bonds is 4. The molecule has 248 valence electrons. The van der Waals surface area contributed by atoms with Gasteiger partial charge in [-0.2, -0.15) is 0 Å². The van der Waals surface area contributed by atoms with Gasteiger partial charge in [0.15, 0.2) is 34.9 Å². The Balaban J connectivity index is 1.56. The maximum Gasteiger partial charge on any atom is 0.166 e. The van der Waals surface area contributed by atoms with E-state index in [0.29, 0.717) is 57.1 Å². The molecule has 4 aromatic heterocycles. The first-order chi connectivity index (χ1) is 24.1. The summed E-state index contributed by atoms with van der Waals surface area (Å²) < 4.78 is 61.2. The lowest BCUT2D eigenvalue weighted by atomic mass is 10.2. The summed E-state index contributed by atoms with van der Waals surface area (Å²) >= 11 is 0. The minimum atomic E-state index is -1.06. The molecule has 6 aromatic rings. The van der Waals surface area contributed by atoms with E-state index in [0.717, 1.165) is 47.0 Å². The molecule has 8 rings (SSSR count). The number of benzene rings is 2. The lowest BCUT2D eigenvalue weighted by Crippen LogP contribution is -2.33. The number of hydrogen-bond acceptors (Lipinski definition) is 8. The Hall–Kier alpha value is -6.30. The van der Waals surface area contributed by atoms with Crippen molar-refractivity contribution in [3.63, 3.8) is 0 Å². The average Bonchev–Trinajstić information content (AvgIpc) is 3.58. The van der Waals surface area contributed by atoms with Crippen LogP contribution in [0.25, 0.3) is 0 Å². The van der Waals surface area contributed by atoms with Gasteiger partial charge in [-0.05, 0) is 76.2 Å². The number of halogens is 4. The van der Waals surface area contributed by atoms with E-state index in [9.17, 15) is 0 Å². The van der Waals surface area contributed by atoms with Gasteiger partial charge in [0.2, 0.25) is 0 Å². The highest BCUT2D eigenvalue weighted by Gasteiger charge is 2.45. The van der Waals surface area contributed by atoms with Gasteiger partial charge < -0.3 is 0 Å². The third-order valence-electron chi connectivity index (χ3n) is 8.66. The van der Waals surface area contributed by atoms with Gasteiger partial charge in [0.25, 0.3) is 0 Å². The van der Waals surface area contributed by atoms with Crippen molar-refractivity contribution in [3.05, 3.63) is 155 Å². The number of anilines is 8. The van der Waals surface area contributed by atoms with Crippen LogP contribution in [0, 0.1) is 51.0 Å². The van der Waals surface area contributed by atoms with Crippen LogP contribution in [0.5, 0.6) is 0 Å². The molecule has 2 aromatic carbocycles. The Labute approximate surface area is 285 Å². The van der Waals surface area contributed by atoms with E-state index in [1.54, 1.807) is 44.4 Å². The van der Waals surface area contributed by atoms with Gasteiger partial charge in [0.1, 0.15) is 0 Å².